The molecule has 2 heterocycles. The molecule has 0 bridgehead atoms. The molecule has 2 atom stereocenters. The summed E-state index contributed by atoms with van der Waals surface area (Å²) in [5.74, 6) is 2.59. The molecule has 4 aromatic rings. The quantitative estimate of drug-likeness (QED) is 0.315. The molecule has 0 radical (unpaired) electrons. The van der Waals surface area contributed by atoms with Gasteiger partial charge in [0.15, 0.2) is 0 Å². The van der Waals surface area contributed by atoms with Gasteiger partial charge in [-0.25, -0.2) is 4.98 Å². The molecule has 0 unspecified atom stereocenters. The van der Waals surface area contributed by atoms with Gasteiger partial charge in [0.1, 0.15) is 17.3 Å². The average Bonchev–Trinajstić information content (AvgIpc) is 3.31. The van der Waals surface area contributed by atoms with Crippen LogP contribution in [0.4, 0.5) is 5.69 Å². The van der Waals surface area contributed by atoms with Gasteiger partial charge in [-0.05, 0) is 67.4 Å². The van der Waals surface area contributed by atoms with Gasteiger partial charge in [0, 0.05) is 17.7 Å². The van der Waals surface area contributed by atoms with E-state index in [9.17, 15) is 9.90 Å². The van der Waals surface area contributed by atoms with E-state index in [0.29, 0.717) is 25.3 Å². The van der Waals surface area contributed by atoms with Gasteiger partial charge < -0.3 is 23.9 Å². The second-order valence-electron chi connectivity index (χ2n) is 9.10. The van der Waals surface area contributed by atoms with Crippen molar-refractivity contribution in [1.82, 2.24) is 4.98 Å². The molecule has 1 amide bonds. The van der Waals surface area contributed by atoms with Crippen molar-refractivity contribution in [2.75, 3.05) is 25.2 Å². The summed E-state index contributed by atoms with van der Waals surface area (Å²) in [7, 11) is 1.60. The number of benzene rings is 3. The minimum atomic E-state index is -0.281. The molecule has 0 aliphatic carbocycles. The fourth-order valence-electron chi connectivity index (χ4n) is 4.74. The average molecular weight is 499 g/mol. The third kappa shape index (κ3) is 5.22. The van der Waals surface area contributed by atoms with Crippen molar-refractivity contribution in [2.24, 2.45) is 5.92 Å². The normalized spacial score (nSPS) is 16.9. The van der Waals surface area contributed by atoms with Crippen molar-refractivity contribution in [3.63, 3.8) is 0 Å². The van der Waals surface area contributed by atoms with Crippen molar-refractivity contribution < 1.29 is 23.8 Å². The number of carbonyl (C=O) groups is 1. The van der Waals surface area contributed by atoms with E-state index in [4.69, 9.17) is 13.9 Å². The van der Waals surface area contributed by atoms with Crippen LogP contribution >= 0.6 is 0 Å². The van der Waals surface area contributed by atoms with Gasteiger partial charge in [-0.3, -0.25) is 4.79 Å². The lowest BCUT2D eigenvalue weighted by atomic mass is 9.82. The highest BCUT2D eigenvalue weighted by atomic mass is 16.5. The molecule has 0 spiro atoms. The summed E-state index contributed by atoms with van der Waals surface area (Å²) in [5.41, 5.74) is 3.58. The Morgan fingerprint density at radius 2 is 1.78 bits per heavy atom. The van der Waals surface area contributed by atoms with Crippen LogP contribution in [0.25, 0.3) is 11.5 Å². The maximum Gasteiger partial charge on any atom is 0.232 e. The predicted molar refractivity (Wildman–Crippen MR) is 141 cm³/mol. The molecule has 5 rings (SSSR count). The Balaban J connectivity index is 1.18. The van der Waals surface area contributed by atoms with Crippen LogP contribution < -0.4 is 14.4 Å². The summed E-state index contributed by atoms with van der Waals surface area (Å²) in [6, 6.07) is 24.6. The predicted octanol–water partition coefficient (Wildman–Crippen LogP) is 4.85. The van der Waals surface area contributed by atoms with E-state index in [0.717, 1.165) is 39.8 Å². The Bertz CT molecular complexity index is 1350. The standard InChI is InChI=1S/C30H30N2O5/c1-20-27(31-29(37-20)22-8-4-3-5-9-22)15-16-36-25-10-6-7-21(17-25)18-26-28(19-33)32(30(26)34)23-11-13-24(35-2)14-12-23/h3-14,17,26,28,33H,15-16,18-19H2,1-2H3/t26-,28+/m0/s1. The second kappa shape index (κ2) is 10.9. The summed E-state index contributed by atoms with van der Waals surface area (Å²) >= 11 is 0. The molecule has 1 saturated heterocycles. The van der Waals surface area contributed by atoms with Crippen LogP contribution in [0, 0.1) is 12.8 Å². The van der Waals surface area contributed by atoms with E-state index in [1.807, 2.05) is 85.8 Å². The molecule has 1 aliphatic rings. The Labute approximate surface area is 216 Å². The first kappa shape index (κ1) is 24.6. The summed E-state index contributed by atoms with van der Waals surface area (Å²) < 4.78 is 17.0. The number of rotatable bonds is 10. The third-order valence-corrected chi connectivity index (χ3v) is 6.76. The maximum atomic E-state index is 13.0. The minimum Gasteiger partial charge on any atom is -0.497 e. The molecule has 1 aliphatic heterocycles. The lowest BCUT2D eigenvalue weighted by Crippen LogP contribution is -2.63. The topological polar surface area (TPSA) is 85.0 Å². The zero-order valence-electron chi connectivity index (χ0n) is 21.0. The first-order valence-corrected chi connectivity index (χ1v) is 12.4. The highest BCUT2D eigenvalue weighted by Crippen LogP contribution is 2.35. The number of methoxy groups -OCH3 is 1. The van der Waals surface area contributed by atoms with Gasteiger partial charge in [0.2, 0.25) is 11.8 Å². The first-order chi connectivity index (χ1) is 18.1. The number of aliphatic hydroxyl groups excluding tert-OH is 1. The van der Waals surface area contributed by atoms with Gasteiger partial charge in [-0.15, -0.1) is 0 Å². The number of aliphatic hydroxyl groups is 1. The zero-order chi connectivity index (χ0) is 25.8. The van der Waals surface area contributed by atoms with Crippen LogP contribution in [0.2, 0.25) is 0 Å². The number of nitrogens with zero attached hydrogens (tertiary/aromatic N) is 2. The largest absolute Gasteiger partial charge is 0.497 e. The Hall–Kier alpha value is -4.10. The Kier molecular flexibility index (Phi) is 7.23. The number of hydrogen-bond acceptors (Lipinski definition) is 6. The fourth-order valence-corrected chi connectivity index (χ4v) is 4.74. The van der Waals surface area contributed by atoms with Gasteiger partial charge in [0.05, 0.1) is 38.0 Å². The number of anilines is 1. The fraction of sp³-hybridized carbons (Fsp3) is 0.267. The molecule has 1 N–H and O–H groups in total. The van der Waals surface area contributed by atoms with Gasteiger partial charge in [0.25, 0.3) is 0 Å². The molecule has 1 fully saturated rings. The van der Waals surface area contributed by atoms with Crippen LogP contribution in [0.1, 0.15) is 17.0 Å². The van der Waals surface area contributed by atoms with Crippen LogP contribution in [0.5, 0.6) is 11.5 Å². The number of hydrogen-bond donors (Lipinski definition) is 1. The summed E-state index contributed by atoms with van der Waals surface area (Å²) in [5, 5.41) is 10.0. The number of amides is 1. The van der Waals surface area contributed by atoms with E-state index in [1.54, 1.807) is 12.0 Å². The van der Waals surface area contributed by atoms with Crippen LogP contribution in [-0.4, -0.2) is 42.4 Å². The van der Waals surface area contributed by atoms with Crippen molar-refractivity contribution in [1.29, 1.82) is 0 Å². The molecule has 3 aromatic carbocycles. The zero-order valence-corrected chi connectivity index (χ0v) is 21.0. The van der Waals surface area contributed by atoms with Crippen LogP contribution in [0.15, 0.2) is 83.3 Å². The highest BCUT2D eigenvalue weighted by Gasteiger charge is 2.47. The SMILES string of the molecule is COc1ccc(N2C(=O)[C@@H](Cc3cccc(OCCc4nc(-c5ccccc5)oc4C)c3)[C@H]2CO)cc1. The van der Waals surface area contributed by atoms with Crippen molar-refractivity contribution in [3.8, 4) is 23.0 Å². The first-order valence-electron chi connectivity index (χ1n) is 12.4. The molecule has 7 heteroatoms. The molecule has 7 nitrogen and oxygen atoms in total. The molecular weight excluding hydrogens is 468 g/mol. The van der Waals surface area contributed by atoms with Crippen LogP contribution in [0.3, 0.4) is 0 Å². The molecular formula is C30H30N2O5. The van der Waals surface area contributed by atoms with E-state index >= 15 is 0 Å². The Morgan fingerprint density at radius 3 is 2.51 bits per heavy atom. The number of ether oxygens (including phenoxy) is 2. The molecule has 190 valence electrons. The van der Waals surface area contributed by atoms with E-state index < -0.39 is 0 Å². The molecule has 37 heavy (non-hydrogen) atoms. The van der Waals surface area contributed by atoms with Crippen molar-refractivity contribution >= 4 is 11.6 Å². The van der Waals surface area contributed by atoms with Gasteiger partial charge in [-0.2, -0.15) is 0 Å². The Morgan fingerprint density at radius 1 is 1.00 bits per heavy atom. The number of carbonyl (C=O) groups excluding carboxylic acids is 1. The minimum absolute atomic E-state index is 0.00580. The monoisotopic (exact) mass is 498 g/mol. The van der Waals surface area contributed by atoms with E-state index in [-0.39, 0.29) is 24.5 Å². The van der Waals surface area contributed by atoms with E-state index in [1.165, 1.54) is 0 Å². The van der Waals surface area contributed by atoms with Gasteiger partial charge >= 0.3 is 0 Å². The van der Waals surface area contributed by atoms with Crippen molar-refractivity contribution in [2.45, 2.75) is 25.8 Å². The number of aromatic nitrogens is 1. The number of aryl methyl sites for hydroxylation is 1. The lowest BCUT2D eigenvalue weighted by Gasteiger charge is -2.46. The number of oxazole rings is 1. The smallest absolute Gasteiger partial charge is 0.232 e. The third-order valence-electron chi connectivity index (χ3n) is 6.76. The van der Waals surface area contributed by atoms with Crippen LogP contribution in [-0.2, 0) is 17.6 Å². The molecule has 0 saturated carbocycles. The summed E-state index contributed by atoms with van der Waals surface area (Å²) in [6.07, 6.45) is 1.16. The molecule has 1 aromatic heterocycles. The lowest BCUT2D eigenvalue weighted by molar-refractivity contribution is -0.131. The number of β-lactam (4-membered cyclic amide) rings is 1. The highest BCUT2D eigenvalue weighted by molar-refractivity contribution is 6.03. The summed E-state index contributed by atoms with van der Waals surface area (Å²) in [6.45, 7) is 2.27. The second-order valence-corrected chi connectivity index (χ2v) is 9.10. The van der Waals surface area contributed by atoms with Gasteiger partial charge in [-0.1, -0.05) is 30.3 Å². The maximum absolute atomic E-state index is 13.0. The van der Waals surface area contributed by atoms with Crippen molar-refractivity contribution in [3.05, 3.63) is 95.9 Å². The summed E-state index contributed by atoms with van der Waals surface area (Å²) in [4.78, 5) is 19.3. The van der Waals surface area contributed by atoms with E-state index in [2.05, 4.69) is 4.98 Å².